The third-order valence-corrected chi connectivity index (χ3v) is 2.20. The number of carbonyl (C=O) groups is 2. The molecule has 0 spiro atoms. The highest BCUT2D eigenvalue weighted by molar-refractivity contribution is 5.79. The second-order valence-electron chi connectivity index (χ2n) is 3.82. The Hall–Kier alpha value is -2.03. The first kappa shape index (κ1) is 18.0. The summed E-state index contributed by atoms with van der Waals surface area (Å²) in [7, 11) is 0. The summed E-state index contributed by atoms with van der Waals surface area (Å²) in [5, 5.41) is 11.2. The molecule has 116 valence electrons. The predicted molar refractivity (Wildman–Crippen MR) is 72.3 cm³/mol. The van der Waals surface area contributed by atoms with E-state index in [1.807, 2.05) is 6.92 Å². The van der Waals surface area contributed by atoms with E-state index < -0.39 is 18.1 Å². The topological polar surface area (TPSA) is 149 Å². The number of carboxylic acid groups (broad SMARTS) is 1. The molecule has 0 saturated carbocycles. The van der Waals surface area contributed by atoms with Crippen LogP contribution in [0.15, 0.2) is 4.99 Å². The fourth-order valence-electron chi connectivity index (χ4n) is 1.28. The smallest absolute Gasteiger partial charge is 0.407 e. The second-order valence-corrected chi connectivity index (χ2v) is 3.82. The van der Waals surface area contributed by atoms with Gasteiger partial charge in [-0.05, 0) is 19.8 Å². The van der Waals surface area contributed by atoms with Crippen LogP contribution in [0.25, 0.3) is 0 Å². The number of guanidine groups is 1. The van der Waals surface area contributed by atoms with Gasteiger partial charge < -0.3 is 31.4 Å². The normalized spacial score (nSPS) is 11.4. The number of hydrogen-bond acceptors (Lipinski definition) is 5. The first-order valence-corrected chi connectivity index (χ1v) is 6.26. The van der Waals surface area contributed by atoms with Crippen LogP contribution in [0.1, 0.15) is 19.8 Å². The molecule has 0 unspecified atom stereocenters. The van der Waals surface area contributed by atoms with E-state index in [-0.39, 0.29) is 25.6 Å². The van der Waals surface area contributed by atoms with Gasteiger partial charge in [-0.1, -0.05) is 0 Å². The third-order valence-electron chi connectivity index (χ3n) is 2.20. The summed E-state index contributed by atoms with van der Waals surface area (Å²) in [4.78, 5) is 26.0. The maximum atomic E-state index is 11.3. The predicted octanol–water partition coefficient (Wildman–Crippen LogP) is -0.744. The number of alkyl carbamates (subject to hydrolysis) is 1. The molecule has 0 fully saturated rings. The van der Waals surface area contributed by atoms with Crippen LogP contribution in [0.4, 0.5) is 4.79 Å². The summed E-state index contributed by atoms with van der Waals surface area (Å²) >= 11 is 0. The molecule has 0 radical (unpaired) electrons. The van der Waals surface area contributed by atoms with Crippen LogP contribution in [0.3, 0.4) is 0 Å². The average Bonchev–Trinajstić information content (AvgIpc) is 2.37. The minimum Gasteiger partial charge on any atom is -0.480 e. The lowest BCUT2D eigenvalue weighted by atomic mass is 10.1. The summed E-state index contributed by atoms with van der Waals surface area (Å²) in [6, 6.07) is -1.04. The Morgan fingerprint density at radius 2 is 2.05 bits per heavy atom. The number of ether oxygens (including phenoxy) is 2. The van der Waals surface area contributed by atoms with E-state index in [0.29, 0.717) is 19.6 Å². The van der Waals surface area contributed by atoms with Gasteiger partial charge in [-0.25, -0.2) is 9.59 Å². The van der Waals surface area contributed by atoms with E-state index >= 15 is 0 Å². The highest BCUT2D eigenvalue weighted by Gasteiger charge is 2.19. The van der Waals surface area contributed by atoms with Crippen LogP contribution in [0.5, 0.6) is 0 Å². The standard InChI is InChI=1S/C11H22N4O5/c1-2-19-6-7-20-11(18)15-8(9(16)17)4-3-5-14-10(12)13/h8H,2-7H2,1H3,(H,15,18)(H,16,17)(H4,12,13,14)/t8-/m0/s1. The monoisotopic (exact) mass is 290 g/mol. The van der Waals surface area contributed by atoms with Crippen LogP contribution in [0.2, 0.25) is 0 Å². The van der Waals surface area contributed by atoms with E-state index in [0.717, 1.165) is 0 Å². The zero-order valence-electron chi connectivity index (χ0n) is 11.5. The SMILES string of the molecule is CCOCCOC(=O)N[C@@H](CCCN=C(N)N)C(=O)O. The van der Waals surface area contributed by atoms with Crippen molar-refractivity contribution in [3.05, 3.63) is 0 Å². The van der Waals surface area contributed by atoms with Gasteiger partial charge in [-0.2, -0.15) is 0 Å². The molecule has 1 atom stereocenters. The van der Waals surface area contributed by atoms with E-state index in [1.165, 1.54) is 0 Å². The molecule has 9 heteroatoms. The Morgan fingerprint density at radius 1 is 1.35 bits per heavy atom. The summed E-state index contributed by atoms with van der Waals surface area (Å²) in [6.45, 7) is 2.98. The van der Waals surface area contributed by atoms with Gasteiger partial charge in [-0.15, -0.1) is 0 Å². The van der Waals surface area contributed by atoms with Crippen molar-refractivity contribution in [1.82, 2.24) is 5.32 Å². The Bertz CT molecular complexity index is 331. The molecule has 0 rings (SSSR count). The van der Waals surface area contributed by atoms with Crippen LogP contribution in [-0.2, 0) is 14.3 Å². The number of carbonyl (C=O) groups excluding carboxylic acids is 1. The van der Waals surface area contributed by atoms with E-state index in [2.05, 4.69) is 10.3 Å². The maximum absolute atomic E-state index is 11.3. The van der Waals surface area contributed by atoms with E-state index in [9.17, 15) is 9.59 Å². The van der Waals surface area contributed by atoms with Gasteiger partial charge in [0.15, 0.2) is 5.96 Å². The number of carboxylic acids is 1. The lowest BCUT2D eigenvalue weighted by Gasteiger charge is -2.14. The lowest BCUT2D eigenvalue weighted by molar-refractivity contribution is -0.139. The highest BCUT2D eigenvalue weighted by Crippen LogP contribution is 1.99. The Labute approximate surface area is 117 Å². The second kappa shape index (κ2) is 10.9. The molecule has 20 heavy (non-hydrogen) atoms. The van der Waals surface area contributed by atoms with Gasteiger partial charge in [0.1, 0.15) is 12.6 Å². The van der Waals surface area contributed by atoms with Gasteiger partial charge in [0, 0.05) is 13.2 Å². The number of nitrogens with two attached hydrogens (primary N) is 2. The minimum absolute atomic E-state index is 0.0554. The first-order valence-electron chi connectivity index (χ1n) is 6.26. The molecular formula is C11H22N4O5. The van der Waals surface area contributed by atoms with Gasteiger partial charge in [0.05, 0.1) is 6.61 Å². The van der Waals surface area contributed by atoms with Crippen LogP contribution in [0, 0.1) is 0 Å². The molecule has 0 bridgehead atoms. The van der Waals surface area contributed by atoms with Crippen molar-refractivity contribution in [3.63, 3.8) is 0 Å². The molecule has 0 aliphatic heterocycles. The number of amides is 1. The number of aliphatic imine (C=N–C) groups is 1. The van der Waals surface area contributed by atoms with Gasteiger partial charge in [0.25, 0.3) is 0 Å². The van der Waals surface area contributed by atoms with Crippen molar-refractivity contribution >= 4 is 18.0 Å². The van der Waals surface area contributed by atoms with Crippen LogP contribution < -0.4 is 16.8 Å². The Balaban J connectivity index is 3.97. The number of hydrogen-bond donors (Lipinski definition) is 4. The third kappa shape index (κ3) is 9.95. The van der Waals surface area contributed by atoms with E-state index in [1.54, 1.807) is 0 Å². The summed E-state index contributed by atoms with van der Waals surface area (Å²) < 4.78 is 9.74. The van der Waals surface area contributed by atoms with Gasteiger partial charge in [0.2, 0.25) is 0 Å². The molecule has 9 nitrogen and oxygen atoms in total. The summed E-state index contributed by atoms with van der Waals surface area (Å²) in [5.41, 5.74) is 10.3. The maximum Gasteiger partial charge on any atom is 0.407 e. The molecule has 0 aliphatic carbocycles. The van der Waals surface area contributed by atoms with Crippen molar-refractivity contribution in [2.24, 2.45) is 16.5 Å². The van der Waals surface area contributed by atoms with Crippen molar-refractivity contribution in [2.45, 2.75) is 25.8 Å². The fraction of sp³-hybridized carbons (Fsp3) is 0.727. The molecule has 0 aromatic heterocycles. The van der Waals surface area contributed by atoms with Crippen LogP contribution in [-0.4, -0.2) is 55.5 Å². The molecule has 0 aromatic rings. The summed E-state index contributed by atoms with van der Waals surface area (Å²) in [5.74, 6) is -1.20. The van der Waals surface area contributed by atoms with E-state index in [4.69, 9.17) is 26.0 Å². The molecular weight excluding hydrogens is 268 g/mol. The average molecular weight is 290 g/mol. The number of aliphatic carboxylic acids is 1. The fourth-order valence-corrected chi connectivity index (χ4v) is 1.28. The zero-order valence-corrected chi connectivity index (χ0v) is 11.5. The van der Waals surface area contributed by atoms with Crippen molar-refractivity contribution in [3.8, 4) is 0 Å². The molecule has 1 amide bonds. The number of nitrogens with one attached hydrogen (secondary N) is 1. The van der Waals surface area contributed by atoms with Crippen molar-refractivity contribution in [2.75, 3.05) is 26.4 Å². The number of nitrogens with zero attached hydrogens (tertiary/aromatic N) is 1. The van der Waals surface area contributed by atoms with Gasteiger partial charge >= 0.3 is 12.1 Å². The Morgan fingerprint density at radius 3 is 2.60 bits per heavy atom. The Kier molecular flexibility index (Phi) is 9.75. The highest BCUT2D eigenvalue weighted by atomic mass is 16.6. The first-order chi connectivity index (χ1) is 9.47. The lowest BCUT2D eigenvalue weighted by Crippen LogP contribution is -2.41. The molecule has 6 N–H and O–H groups in total. The molecule has 0 heterocycles. The quantitative estimate of drug-likeness (QED) is 0.235. The van der Waals surface area contributed by atoms with Crippen LogP contribution >= 0.6 is 0 Å². The van der Waals surface area contributed by atoms with Crippen molar-refractivity contribution < 1.29 is 24.2 Å². The zero-order chi connectivity index (χ0) is 15.4. The molecule has 0 saturated heterocycles. The molecule has 0 aliphatic rings. The number of rotatable bonds is 10. The summed E-state index contributed by atoms with van der Waals surface area (Å²) in [6.07, 6.45) is -0.167. The largest absolute Gasteiger partial charge is 0.480 e. The van der Waals surface area contributed by atoms with Gasteiger partial charge in [-0.3, -0.25) is 4.99 Å². The van der Waals surface area contributed by atoms with Crippen molar-refractivity contribution in [1.29, 1.82) is 0 Å². The minimum atomic E-state index is -1.14. The molecule has 0 aromatic carbocycles.